The van der Waals surface area contributed by atoms with Gasteiger partial charge in [-0.25, -0.2) is 0 Å². The number of para-hydroxylation sites is 1. The summed E-state index contributed by atoms with van der Waals surface area (Å²) in [5.41, 5.74) is 0.395. The zero-order chi connectivity index (χ0) is 13.9. The van der Waals surface area contributed by atoms with Gasteiger partial charge in [0.25, 0.3) is 0 Å². The van der Waals surface area contributed by atoms with E-state index in [1.807, 2.05) is 30.3 Å². The standard InChI is InChI=1S/C14H12F3NO/c15-14(16,17)11-7-6-10(13(19)8-11)9-18-12-4-2-1-3-5-12/h1-8,18-19H,9H2. The van der Waals surface area contributed by atoms with Gasteiger partial charge in [-0.1, -0.05) is 24.3 Å². The Hall–Kier alpha value is -2.17. The van der Waals surface area contributed by atoms with Crippen molar-refractivity contribution >= 4 is 5.69 Å². The molecule has 0 aliphatic carbocycles. The highest BCUT2D eigenvalue weighted by Crippen LogP contribution is 2.32. The lowest BCUT2D eigenvalue weighted by atomic mass is 10.1. The van der Waals surface area contributed by atoms with Crippen molar-refractivity contribution in [2.75, 3.05) is 5.32 Å². The minimum Gasteiger partial charge on any atom is -0.508 e. The second-order valence-electron chi connectivity index (χ2n) is 4.06. The quantitative estimate of drug-likeness (QED) is 0.880. The molecule has 0 spiro atoms. The second-order valence-corrected chi connectivity index (χ2v) is 4.06. The van der Waals surface area contributed by atoms with E-state index in [9.17, 15) is 18.3 Å². The third-order valence-corrected chi connectivity index (χ3v) is 2.67. The van der Waals surface area contributed by atoms with E-state index >= 15 is 0 Å². The van der Waals surface area contributed by atoms with Crippen LogP contribution in [0.2, 0.25) is 0 Å². The number of phenolic OH excluding ortho intramolecular Hbond substituents is 1. The molecular formula is C14H12F3NO. The largest absolute Gasteiger partial charge is 0.508 e. The Kier molecular flexibility index (Phi) is 3.64. The number of alkyl halides is 3. The summed E-state index contributed by atoms with van der Waals surface area (Å²) >= 11 is 0. The number of nitrogens with one attached hydrogen (secondary N) is 1. The predicted molar refractivity (Wildman–Crippen MR) is 66.9 cm³/mol. The third-order valence-electron chi connectivity index (χ3n) is 2.67. The average Bonchev–Trinajstić information content (AvgIpc) is 2.37. The average molecular weight is 267 g/mol. The summed E-state index contributed by atoms with van der Waals surface area (Å²) in [6.45, 7) is 0.258. The van der Waals surface area contributed by atoms with Gasteiger partial charge in [0.2, 0.25) is 0 Å². The Bertz CT molecular complexity index is 552. The van der Waals surface area contributed by atoms with Gasteiger partial charge in [-0.2, -0.15) is 13.2 Å². The molecule has 2 aromatic rings. The van der Waals surface area contributed by atoms with Crippen LogP contribution in [0.5, 0.6) is 5.75 Å². The van der Waals surface area contributed by atoms with Crippen molar-refractivity contribution in [3.63, 3.8) is 0 Å². The SMILES string of the molecule is Oc1cc(C(F)(F)F)ccc1CNc1ccccc1. The van der Waals surface area contributed by atoms with Gasteiger partial charge in [0, 0.05) is 17.8 Å². The van der Waals surface area contributed by atoms with Crippen LogP contribution in [-0.2, 0) is 12.7 Å². The summed E-state index contributed by atoms with van der Waals surface area (Å²) < 4.78 is 37.3. The molecule has 0 aliphatic heterocycles. The Labute approximate surface area is 108 Å². The molecule has 5 heteroatoms. The maximum atomic E-state index is 12.4. The summed E-state index contributed by atoms with van der Waals surface area (Å²) in [6.07, 6.45) is -4.44. The van der Waals surface area contributed by atoms with Crippen molar-refractivity contribution < 1.29 is 18.3 Å². The second kappa shape index (κ2) is 5.22. The Morgan fingerprint density at radius 3 is 2.26 bits per heavy atom. The maximum Gasteiger partial charge on any atom is 0.416 e. The first-order valence-corrected chi connectivity index (χ1v) is 5.65. The predicted octanol–water partition coefficient (Wildman–Crippen LogP) is 4.02. The van der Waals surface area contributed by atoms with Gasteiger partial charge in [0.1, 0.15) is 5.75 Å². The topological polar surface area (TPSA) is 32.3 Å². The molecular weight excluding hydrogens is 255 g/mol. The van der Waals surface area contributed by atoms with Crippen LogP contribution in [0.3, 0.4) is 0 Å². The fourth-order valence-electron chi connectivity index (χ4n) is 1.64. The molecule has 2 nitrogen and oxygen atoms in total. The molecule has 0 atom stereocenters. The smallest absolute Gasteiger partial charge is 0.416 e. The molecule has 0 saturated carbocycles. The fraction of sp³-hybridized carbons (Fsp3) is 0.143. The maximum absolute atomic E-state index is 12.4. The molecule has 0 bridgehead atoms. The number of hydrogen-bond donors (Lipinski definition) is 2. The van der Waals surface area contributed by atoms with Crippen molar-refractivity contribution in [3.8, 4) is 5.75 Å². The number of halogens is 3. The van der Waals surface area contributed by atoms with Crippen molar-refractivity contribution in [3.05, 3.63) is 59.7 Å². The van der Waals surface area contributed by atoms with E-state index in [2.05, 4.69) is 5.32 Å². The van der Waals surface area contributed by atoms with E-state index in [-0.39, 0.29) is 12.3 Å². The first kappa shape index (κ1) is 13.3. The van der Waals surface area contributed by atoms with Gasteiger partial charge in [0.05, 0.1) is 5.56 Å². The highest BCUT2D eigenvalue weighted by molar-refractivity contribution is 5.45. The van der Waals surface area contributed by atoms with Gasteiger partial charge in [-0.15, -0.1) is 0 Å². The monoisotopic (exact) mass is 267 g/mol. The lowest BCUT2D eigenvalue weighted by Gasteiger charge is -2.11. The normalized spacial score (nSPS) is 11.3. The van der Waals surface area contributed by atoms with Crippen molar-refractivity contribution in [2.45, 2.75) is 12.7 Å². The van der Waals surface area contributed by atoms with Crippen LogP contribution >= 0.6 is 0 Å². The molecule has 0 aliphatic rings. The number of hydrogen-bond acceptors (Lipinski definition) is 2. The molecule has 0 saturated heterocycles. The van der Waals surface area contributed by atoms with E-state index in [4.69, 9.17) is 0 Å². The number of benzene rings is 2. The van der Waals surface area contributed by atoms with Crippen LogP contribution in [0, 0.1) is 0 Å². The van der Waals surface area contributed by atoms with Crippen molar-refractivity contribution in [1.82, 2.24) is 0 Å². The minimum absolute atomic E-state index is 0.258. The van der Waals surface area contributed by atoms with Crippen LogP contribution in [0.15, 0.2) is 48.5 Å². The fourth-order valence-corrected chi connectivity index (χ4v) is 1.64. The lowest BCUT2D eigenvalue weighted by molar-refractivity contribution is -0.137. The summed E-state index contributed by atoms with van der Waals surface area (Å²) in [6, 6.07) is 12.2. The van der Waals surface area contributed by atoms with Crippen LogP contribution in [0.25, 0.3) is 0 Å². The molecule has 0 aromatic heterocycles. The highest BCUT2D eigenvalue weighted by atomic mass is 19.4. The van der Waals surface area contributed by atoms with E-state index in [0.29, 0.717) is 5.56 Å². The molecule has 0 fully saturated rings. The van der Waals surface area contributed by atoms with Gasteiger partial charge < -0.3 is 10.4 Å². The van der Waals surface area contributed by atoms with Crippen molar-refractivity contribution in [2.24, 2.45) is 0 Å². The van der Waals surface area contributed by atoms with Gasteiger partial charge >= 0.3 is 6.18 Å². The highest BCUT2D eigenvalue weighted by Gasteiger charge is 2.30. The molecule has 2 aromatic carbocycles. The Morgan fingerprint density at radius 2 is 1.68 bits per heavy atom. The lowest BCUT2D eigenvalue weighted by Crippen LogP contribution is -2.06. The molecule has 19 heavy (non-hydrogen) atoms. The van der Waals surface area contributed by atoms with Gasteiger partial charge in [-0.05, 0) is 24.3 Å². The van der Waals surface area contributed by atoms with Gasteiger partial charge in [-0.3, -0.25) is 0 Å². The van der Waals surface area contributed by atoms with Crippen LogP contribution in [0.1, 0.15) is 11.1 Å². The molecule has 0 unspecified atom stereocenters. The van der Waals surface area contributed by atoms with Gasteiger partial charge in [0.15, 0.2) is 0 Å². The van der Waals surface area contributed by atoms with Crippen LogP contribution < -0.4 is 5.32 Å². The number of aromatic hydroxyl groups is 1. The summed E-state index contributed by atoms with van der Waals surface area (Å²) in [5, 5.41) is 12.6. The van der Waals surface area contributed by atoms with E-state index in [1.165, 1.54) is 6.07 Å². The zero-order valence-electron chi connectivity index (χ0n) is 9.91. The number of phenols is 1. The Balaban J connectivity index is 2.10. The molecule has 2 N–H and O–H groups in total. The van der Waals surface area contributed by atoms with Crippen molar-refractivity contribution in [1.29, 1.82) is 0 Å². The third kappa shape index (κ3) is 3.40. The van der Waals surface area contributed by atoms with Crippen LogP contribution in [-0.4, -0.2) is 5.11 Å². The number of anilines is 1. The number of rotatable bonds is 3. The van der Waals surface area contributed by atoms with Crippen LogP contribution in [0.4, 0.5) is 18.9 Å². The first-order valence-electron chi connectivity index (χ1n) is 5.65. The zero-order valence-corrected chi connectivity index (χ0v) is 9.91. The Morgan fingerprint density at radius 1 is 1.00 bits per heavy atom. The summed E-state index contributed by atoms with van der Waals surface area (Å²) in [4.78, 5) is 0. The molecule has 2 rings (SSSR count). The van der Waals surface area contributed by atoms with E-state index < -0.39 is 11.7 Å². The summed E-state index contributed by atoms with van der Waals surface area (Å²) in [5.74, 6) is -0.363. The minimum atomic E-state index is -4.44. The van der Waals surface area contributed by atoms with E-state index in [1.54, 1.807) is 0 Å². The first-order chi connectivity index (χ1) is 8.97. The molecule has 100 valence electrons. The summed E-state index contributed by atoms with van der Waals surface area (Å²) in [7, 11) is 0. The molecule has 0 heterocycles. The van der Waals surface area contributed by atoms with E-state index in [0.717, 1.165) is 17.8 Å². The molecule has 0 radical (unpaired) electrons. The molecule has 0 amide bonds.